The zero-order valence-electron chi connectivity index (χ0n) is 14.5. The average Bonchev–Trinajstić information content (AvgIpc) is 3.21. The maximum absolute atomic E-state index is 13.6. The summed E-state index contributed by atoms with van der Waals surface area (Å²) >= 11 is 0. The fourth-order valence-corrected chi connectivity index (χ4v) is 3.76. The molecule has 2 N–H and O–H groups in total. The molecule has 1 atom stereocenters. The number of aryl methyl sites for hydroxylation is 1. The van der Waals surface area contributed by atoms with Gasteiger partial charge in [0.2, 0.25) is 0 Å². The van der Waals surface area contributed by atoms with Gasteiger partial charge in [0.15, 0.2) is 0 Å². The Hall–Kier alpha value is -1.62. The first-order valence-electron chi connectivity index (χ1n) is 9.12. The van der Waals surface area contributed by atoms with Crippen molar-refractivity contribution < 1.29 is 9.18 Å². The van der Waals surface area contributed by atoms with Crippen LogP contribution in [-0.2, 0) is 6.54 Å². The normalized spacial score (nSPS) is 22.0. The van der Waals surface area contributed by atoms with Crippen LogP contribution in [0.3, 0.4) is 0 Å². The van der Waals surface area contributed by atoms with Crippen molar-refractivity contribution in [1.29, 1.82) is 0 Å². The third kappa shape index (κ3) is 4.69. The van der Waals surface area contributed by atoms with Gasteiger partial charge in [0.1, 0.15) is 5.82 Å². The maximum atomic E-state index is 13.6. The van der Waals surface area contributed by atoms with Crippen molar-refractivity contribution in [3.63, 3.8) is 0 Å². The summed E-state index contributed by atoms with van der Waals surface area (Å²) in [7, 11) is 0. The van der Waals surface area contributed by atoms with Gasteiger partial charge in [0, 0.05) is 25.7 Å². The van der Waals surface area contributed by atoms with Crippen molar-refractivity contribution in [1.82, 2.24) is 15.5 Å². The molecule has 0 unspecified atom stereocenters. The second-order valence-electron chi connectivity index (χ2n) is 7.31. The molecule has 0 spiro atoms. The highest BCUT2D eigenvalue weighted by molar-refractivity contribution is 5.74. The Morgan fingerprint density at radius 1 is 1.29 bits per heavy atom. The minimum Gasteiger partial charge on any atom is -0.338 e. The topological polar surface area (TPSA) is 44.4 Å². The van der Waals surface area contributed by atoms with Crippen molar-refractivity contribution in [3.05, 3.63) is 35.1 Å². The molecule has 132 valence electrons. The summed E-state index contributed by atoms with van der Waals surface area (Å²) in [5.41, 5.74) is 1.71. The molecular formula is C19H28FN3O. The number of hydrogen-bond donors (Lipinski definition) is 2. The molecule has 2 amide bonds. The second kappa shape index (κ2) is 7.97. The molecular weight excluding hydrogens is 305 g/mol. The van der Waals surface area contributed by atoms with Crippen LogP contribution in [0.5, 0.6) is 0 Å². The van der Waals surface area contributed by atoms with E-state index >= 15 is 0 Å². The van der Waals surface area contributed by atoms with E-state index in [0.29, 0.717) is 17.5 Å². The van der Waals surface area contributed by atoms with Crippen LogP contribution in [0, 0.1) is 18.7 Å². The zero-order valence-corrected chi connectivity index (χ0v) is 14.5. The van der Waals surface area contributed by atoms with Crippen LogP contribution >= 0.6 is 0 Å². The lowest BCUT2D eigenvalue weighted by atomic mass is 10.1. The van der Waals surface area contributed by atoms with Gasteiger partial charge in [-0.2, -0.15) is 0 Å². The Morgan fingerprint density at radius 3 is 2.83 bits per heavy atom. The number of hydrogen-bond acceptors (Lipinski definition) is 2. The van der Waals surface area contributed by atoms with Crippen molar-refractivity contribution in [2.75, 3.05) is 19.6 Å². The van der Waals surface area contributed by atoms with E-state index < -0.39 is 0 Å². The Morgan fingerprint density at radius 2 is 2.08 bits per heavy atom. The van der Waals surface area contributed by atoms with E-state index in [2.05, 4.69) is 15.5 Å². The van der Waals surface area contributed by atoms with Crippen LogP contribution in [0.15, 0.2) is 18.2 Å². The lowest BCUT2D eigenvalue weighted by molar-refractivity contribution is 0.234. The van der Waals surface area contributed by atoms with E-state index in [4.69, 9.17) is 0 Å². The molecule has 0 aromatic heterocycles. The maximum Gasteiger partial charge on any atom is 0.315 e. The van der Waals surface area contributed by atoms with Gasteiger partial charge in [-0.3, -0.25) is 4.90 Å². The molecule has 24 heavy (non-hydrogen) atoms. The van der Waals surface area contributed by atoms with Gasteiger partial charge in [0.05, 0.1) is 0 Å². The lowest BCUT2D eigenvalue weighted by Gasteiger charge is -2.17. The van der Waals surface area contributed by atoms with Gasteiger partial charge < -0.3 is 10.6 Å². The minimum absolute atomic E-state index is 0.0269. The van der Waals surface area contributed by atoms with E-state index in [1.54, 1.807) is 13.0 Å². The number of amides is 2. The first-order valence-corrected chi connectivity index (χ1v) is 9.12. The molecule has 2 fully saturated rings. The molecule has 1 saturated carbocycles. The number of rotatable bonds is 5. The van der Waals surface area contributed by atoms with E-state index in [1.165, 1.54) is 12.8 Å². The van der Waals surface area contributed by atoms with E-state index in [-0.39, 0.29) is 11.8 Å². The highest BCUT2D eigenvalue weighted by Gasteiger charge is 2.23. The van der Waals surface area contributed by atoms with Crippen LogP contribution < -0.4 is 10.6 Å². The van der Waals surface area contributed by atoms with Crippen molar-refractivity contribution in [2.45, 2.75) is 51.6 Å². The molecule has 1 aliphatic carbocycles. The lowest BCUT2D eigenvalue weighted by Crippen LogP contribution is -2.42. The number of carbonyl (C=O) groups excluding carboxylic acids is 1. The Labute approximate surface area is 143 Å². The van der Waals surface area contributed by atoms with Crippen LogP contribution in [0.1, 0.15) is 43.2 Å². The Kier molecular flexibility index (Phi) is 5.72. The number of urea groups is 1. The number of halogens is 1. The number of benzene rings is 1. The highest BCUT2D eigenvalue weighted by atomic mass is 19.1. The van der Waals surface area contributed by atoms with Gasteiger partial charge in [-0.1, -0.05) is 25.0 Å². The average molecular weight is 333 g/mol. The minimum atomic E-state index is -0.131. The zero-order chi connectivity index (χ0) is 16.9. The molecule has 5 heteroatoms. The molecule has 3 rings (SSSR count). The standard InChI is InChI=1S/C19H28FN3O/c1-14-6-7-15(10-18(14)20)12-23-9-8-16(13-23)11-21-19(24)22-17-4-2-3-5-17/h6-7,10,16-17H,2-5,8-9,11-13H2,1H3,(H2,21,22,24)/t16-/m0/s1. The van der Waals surface area contributed by atoms with Crippen LogP contribution in [0.25, 0.3) is 0 Å². The van der Waals surface area contributed by atoms with Crippen LogP contribution in [-0.4, -0.2) is 36.6 Å². The van der Waals surface area contributed by atoms with Gasteiger partial charge in [0.25, 0.3) is 0 Å². The molecule has 1 saturated heterocycles. The first-order chi connectivity index (χ1) is 11.6. The predicted octanol–water partition coefficient (Wildman–Crippen LogP) is 3.20. The molecule has 4 nitrogen and oxygen atoms in total. The quantitative estimate of drug-likeness (QED) is 0.869. The Balaban J connectivity index is 1.38. The molecule has 1 heterocycles. The van der Waals surface area contributed by atoms with Crippen molar-refractivity contribution >= 4 is 6.03 Å². The fourth-order valence-electron chi connectivity index (χ4n) is 3.76. The highest BCUT2D eigenvalue weighted by Crippen LogP contribution is 2.20. The van der Waals surface area contributed by atoms with Crippen LogP contribution in [0.4, 0.5) is 9.18 Å². The molecule has 1 aromatic rings. The summed E-state index contributed by atoms with van der Waals surface area (Å²) in [6.07, 6.45) is 5.75. The molecule has 2 aliphatic rings. The number of nitrogens with zero attached hydrogens (tertiary/aromatic N) is 1. The largest absolute Gasteiger partial charge is 0.338 e. The molecule has 0 bridgehead atoms. The predicted molar refractivity (Wildman–Crippen MR) is 93.3 cm³/mol. The second-order valence-corrected chi connectivity index (χ2v) is 7.31. The summed E-state index contributed by atoms with van der Waals surface area (Å²) in [6.45, 7) is 5.25. The third-order valence-corrected chi connectivity index (χ3v) is 5.25. The number of likely N-dealkylation sites (tertiary alicyclic amines) is 1. The van der Waals surface area contributed by atoms with Crippen molar-refractivity contribution in [3.8, 4) is 0 Å². The number of carbonyl (C=O) groups is 1. The van der Waals surface area contributed by atoms with Gasteiger partial charge >= 0.3 is 6.03 Å². The van der Waals surface area contributed by atoms with Gasteiger partial charge in [-0.15, -0.1) is 0 Å². The Bertz CT molecular complexity index is 572. The van der Waals surface area contributed by atoms with Crippen molar-refractivity contribution in [2.24, 2.45) is 5.92 Å². The smallest absolute Gasteiger partial charge is 0.315 e. The van der Waals surface area contributed by atoms with Gasteiger partial charge in [-0.25, -0.2) is 9.18 Å². The monoisotopic (exact) mass is 333 g/mol. The van der Waals surface area contributed by atoms with Crippen LogP contribution in [0.2, 0.25) is 0 Å². The summed E-state index contributed by atoms with van der Waals surface area (Å²) in [6, 6.07) is 5.81. The molecule has 0 radical (unpaired) electrons. The fraction of sp³-hybridized carbons (Fsp3) is 0.632. The summed E-state index contributed by atoms with van der Waals surface area (Å²) in [5, 5.41) is 6.08. The summed E-state index contributed by atoms with van der Waals surface area (Å²) in [5.74, 6) is 0.350. The summed E-state index contributed by atoms with van der Waals surface area (Å²) < 4.78 is 13.6. The third-order valence-electron chi connectivity index (χ3n) is 5.25. The SMILES string of the molecule is Cc1ccc(CN2CC[C@@H](CNC(=O)NC3CCCC3)C2)cc1F. The van der Waals surface area contributed by atoms with E-state index in [9.17, 15) is 9.18 Å². The first kappa shape index (κ1) is 17.2. The summed E-state index contributed by atoms with van der Waals surface area (Å²) in [4.78, 5) is 14.3. The number of nitrogens with one attached hydrogen (secondary N) is 2. The molecule has 1 aliphatic heterocycles. The van der Waals surface area contributed by atoms with E-state index in [0.717, 1.165) is 51.0 Å². The van der Waals surface area contributed by atoms with Gasteiger partial charge in [-0.05, 0) is 55.8 Å². The molecule has 1 aromatic carbocycles. The van der Waals surface area contributed by atoms with E-state index in [1.807, 2.05) is 12.1 Å².